The Labute approximate surface area is 154 Å². The fourth-order valence-corrected chi connectivity index (χ4v) is 3.85. The third-order valence-corrected chi connectivity index (χ3v) is 5.27. The van der Waals surface area contributed by atoms with Crippen LogP contribution in [0.1, 0.15) is 86.2 Å². The summed E-state index contributed by atoms with van der Waals surface area (Å²) in [5, 5.41) is 3.77. The van der Waals surface area contributed by atoms with E-state index >= 15 is 0 Å². The van der Waals surface area contributed by atoms with E-state index in [0.29, 0.717) is 12.0 Å². The van der Waals surface area contributed by atoms with Gasteiger partial charge in [-0.2, -0.15) is 0 Å². The first-order valence-corrected chi connectivity index (χ1v) is 9.90. The van der Waals surface area contributed by atoms with Gasteiger partial charge in [0.25, 0.3) is 0 Å². The molecule has 0 aromatic heterocycles. The minimum absolute atomic E-state index is 0.311. The van der Waals surface area contributed by atoms with Gasteiger partial charge in [0.1, 0.15) is 0 Å². The number of hydrogen-bond donors (Lipinski definition) is 1. The van der Waals surface area contributed by atoms with Gasteiger partial charge >= 0.3 is 0 Å². The van der Waals surface area contributed by atoms with Gasteiger partial charge in [-0.15, -0.1) is 0 Å². The van der Waals surface area contributed by atoms with Crippen LogP contribution < -0.4 is 5.32 Å². The molecule has 0 aliphatic carbocycles. The van der Waals surface area contributed by atoms with Gasteiger partial charge in [0.05, 0.1) is 0 Å². The predicted octanol–water partition coefficient (Wildman–Crippen LogP) is 7.47. The van der Waals surface area contributed by atoms with Crippen LogP contribution >= 0.6 is 0 Å². The second-order valence-electron chi connectivity index (χ2n) is 7.57. The van der Waals surface area contributed by atoms with Crippen molar-refractivity contribution in [2.45, 2.75) is 79.2 Å². The van der Waals surface area contributed by atoms with Crippen LogP contribution in [0.5, 0.6) is 0 Å². The highest BCUT2D eigenvalue weighted by atomic mass is 14.9. The Bertz CT molecular complexity index is 680. The van der Waals surface area contributed by atoms with Crippen molar-refractivity contribution < 1.29 is 0 Å². The Morgan fingerprint density at radius 2 is 1.52 bits per heavy atom. The standard InChI is InChI=1S/C24H35N/c1-7-9-21(10-8-2)22-13-12-18(4)24(16-22)25-20(6)23-14-11-17(3)15-19(23)5/h11-16,20-21,25H,7-10H2,1-6H3. The van der Waals surface area contributed by atoms with Crippen molar-refractivity contribution in [2.75, 3.05) is 5.32 Å². The molecule has 0 aliphatic rings. The number of benzene rings is 2. The third-order valence-electron chi connectivity index (χ3n) is 5.27. The zero-order valence-electron chi connectivity index (χ0n) is 16.9. The smallest absolute Gasteiger partial charge is 0.0488 e. The minimum Gasteiger partial charge on any atom is -0.378 e. The van der Waals surface area contributed by atoms with Crippen LogP contribution in [0.15, 0.2) is 36.4 Å². The molecule has 2 aromatic rings. The second kappa shape index (κ2) is 9.08. The van der Waals surface area contributed by atoms with Crippen LogP contribution in [0.25, 0.3) is 0 Å². The summed E-state index contributed by atoms with van der Waals surface area (Å²) < 4.78 is 0. The van der Waals surface area contributed by atoms with E-state index in [1.54, 1.807) is 0 Å². The van der Waals surface area contributed by atoms with Crippen LogP contribution in [0.4, 0.5) is 5.69 Å². The van der Waals surface area contributed by atoms with Gasteiger partial charge < -0.3 is 5.32 Å². The molecular formula is C24H35N. The maximum Gasteiger partial charge on any atom is 0.0488 e. The van der Waals surface area contributed by atoms with Gasteiger partial charge in [-0.3, -0.25) is 0 Å². The Morgan fingerprint density at radius 1 is 0.840 bits per heavy atom. The molecule has 1 heteroatoms. The lowest BCUT2D eigenvalue weighted by molar-refractivity contribution is 0.561. The molecule has 25 heavy (non-hydrogen) atoms. The summed E-state index contributed by atoms with van der Waals surface area (Å²) in [6, 6.07) is 14.1. The maximum absolute atomic E-state index is 3.77. The Balaban J connectivity index is 2.24. The summed E-state index contributed by atoms with van der Waals surface area (Å²) in [7, 11) is 0. The van der Waals surface area contributed by atoms with Crippen molar-refractivity contribution in [1.82, 2.24) is 0 Å². The number of aryl methyl sites for hydroxylation is 3. The van der Waals surface area contributed by atoms with Gasteiger partial charge in [-0.05, 0) is 74.8 Å². The van der Waals surface area contributed by atoms with Crippen molar-refractivity contribution in [1.29, 1.82) is 0 Å². The highest BCUT2D eigenvalue weighted by molar-refractivity contribution is 5.55. The van der Waals surface area contributed by atoms with Crippen LogP contribution in [0, 0.1) is 20.8 Å². The summed E-state index contributed by atoms with van der Waals surface area (Å²) >= 11 is 0. The van der Waals surface area contributed by atoms with Crippen molar-refractivity contribution >= 4 is 5.69 Å². The largest absolute Gasteiger partial charge is 0.378 e. The van der Waals surface area contributed by atoms with E-state index in [4.69, 9.17) is 0 Å². The first-order chi connectivity index (χ1) is 12.0. The van der Waals surface area contributed by atoms with E-state index < -0.39 is 0 Å². The van der Waals surface area contributed by atoms with E-state index in [0.717, 1.165) is 0 Å². The van der Waals surface area contributed by atoms with Crippen LogP contribution in [-0.2, 0) is 0 Å². The van der Waals surface area contributed by atoms with Gasteiger partial charge in [0.2, 0.25) is 0 Å². The van der Waals surface area contributed by atoms with Gasteiger partial charge in [-0.25, -0.2) is 0 Å². The number of nitrogens with one attached hydrogen (secondary N) is 1. The molecule has 1 unspecified atom stereocenters. The van der Waals surface area contributed by atoms with Gasteiger partial charge in [-0.1, -0.05) is 62.6 Å². The molecule has 0 spiro atoms. The lowest BCUT2D eigenvalue weighted by Gasteiger charge is -2.22. The number of rotatable bonds is 8. The van der Waals surface area contributed by atoms with E-state index in [-0.39, 0.29) is 0 Å². The topological polar surface area (TPSA) is 12.0 Å². The van der Waals surface area contributed by atoms with Crippen molar-refractivity contribution in [2.24, 2.45) is 0 Å². The van der Waals surface area contributed by atoms with E-state index in [1.165, 1.54) is 59.2 Å². The molecule has 0 radical (unpaired) electrons. The molecule has 1 nitrogen and oxygen atoms in total. The van der Waals surface area contributed by atoms with E-state index in [9.17, 15) is 0 Å². The molecule has 1 N–H and O–H groups in total. The quantitative estimate of drug-likeness (QED) is 0.527. The second-order valence-corrected chi connectivity index (χ2v) is 7.57. The fourth-order valence-electron chi connectivity index (χ4n) is 3.85. The van der Waals surface area contributed by atoms with Crippen molar-refractivity contribution in [3.05, 3.63) is 64.2 Å². The molecule has 1 atom stereocenters. The molecule has 0 heterocycles. The summed E-state index contributed by atoms with van der Waals surface area (Å²) in [5.41, 5.74) is 8.17. The molecule has 0 fully saturated rings. The first kappa shape index (κ1) is 19.6. The first-order valence-electron chi connectivity index (χ1n) is 9.90. The van der Waals surface area contributed by atoms with Crippen LogP contribution in [0.3, 0.4) is 0 Å². The molecular weight excluding hydrogens is 302 g/mol. The van der Waals surface area contributed by atoms with Crippen LogP contribution in [-0.4, -0.2) is 0 Å². The molecule has 0 amide bonds. The minimum atomic E-state index is 0.311. The van der Waals surface area contributed by atoms with Crippen molar-refractivity contribution in [3.63, 3.8) is 0 Å². The summed E-state index contributed by atoms with van der Waals surface area (Å²) in [5.74, 6) is 0.688. The number of anilines is 1. The molecule has 0 saturated heterocycles. The molecule has 0 aliphatic heterocycles. The highest BCUT2D eigenvalue weighted by Gasteiger charge is 2.14. The fraction of sp³-hybridized carbons (Fsp3) is 0.500. The monoisotopic (exact) mass is 337 g/mol. The van der Waals surface area contributed by atoms with E-state index in [1.807, 2.05) is 0 Å². The molecule has 2 aromatic carbocycles. The molecule has 136 valence electrons. The SMILES string of the molecule is CCCC(CCC)c1ccc(C)c(NC(C)c2ccc(C)cc2C)c1. The Kier molecular flexibility index (Phi) is 7.11. The van der Waals surface area contributed by atoms with Crippen LogP contribution in [0.2, 0.25) is 0 Å². The normalized spacial score (nSPS) is 12.4. The average Bonchev–Trinajstić information content (AvgIpc) is 2.56. The molecule has 0 bridgehead atoms. The third kappa shape index (κ3) is 5.11. The molecule has 2 rings (SSSR count). The highest BCUT2D eigenvalue weighted by Crippen LogP contribution is 2.31. The summed E-state index contributed by atoms with van der Waals surface area (Å²) in [4.78, 5) is 0. The Morgan fingerprint density at radius 3 is 2.12 bits per heavy atom. The predicted molar refractivity (Wildman–Crippen MR) is 112 cm³/mol. The van der Waals surface area contributed by atoms with Gasteiger partial charge in [0, 0.05) is 11.7 Å². The lowest BCUT2D eigenvalue weighted by Crippen LogP contribution is -2.10. The summed E-state index contributed by atoms with van der Waals surface area (Å²) in [6.45, 7) is 13.4. The summed E-state index contributed by atoms with van der Waals surface area (Å²) in [6.07, 6.45) is 5.06. The van der Waals surface area contributed by atoms with Gasteiger partial charge in [0.15, 0.2) is 0 Å². The molecule has 0 saturated carbocycles. The maximum atomic E-state index is 3.77. The van der Waals surface area contributed by atoms with E-state index in [2.05, 4.69) is 83.3 Å². The zero-order valence-corrected chi connectivity index (χ0v) is 16.9. The lowest BCUT2D eigenvalue weighted by atomic mass is 9.89. The Hall–Kier alpha value is -1.76. The number of hydrogen-bond acceptors (Lipinski definition) is 1. The average molecular weight is 338 g/mol. The zero-order chi connectivity index (χ0) is 18.4. The van der Waals surface area contributed by atoms with Crippen molar-refractivity contribution in [3.8, 4) is 0 Å².